The smallest absolute Gasteiger partial charge is 0.317 e. The molecule has 0 aromatic heterocycles. The van der Waals surface area contributed by atoms with Gasteiger partial charge in [-0.05, 0) is 19.8 Å². The highest BCUT2D eigenvalue weighted by Crippen LogP contribution is 2.20. The van der Waals surface area contributed by atoms with Crippen molar-refractivity contribution in [1.82, 2.24) is 15.1 Å². The first kappa shape index (κ1) is 17.3. The minimum Gasteiger partial charge on any atom is -0.481 e. The molecule has 0 aromatic carbocycles. The molecule has 0 spiro atoms. The van der Waals surface area contributed by atoms with E-state index in [0.29, 0.717) is 32.6 Å². The molecule has 1 saturated heterocycles. The average Bonchev–Trinajstić information content (AvgIpc) is 2.70. The molecule has 1 fully saturated rings. The molecule has 0 saturated carbocycles. The zero-order chi connectivity index (χ0) is 16.0. The Morgan fingerprint density at radius 1 is 1.14 bits per heavy atom. The van der Waals surface area contributed by atoms with Gasteiger partial charge in [-0.25, -0.2) is 4.79 Å². The number of hydrogen-bond acceptors (Lipinski definition) is 3. The largest absolute Gasteiger partial charge is 0.481 e. The number of carbonyl (C=O) groups excluding carboxylic acids is 2. The van der Waals surface area contributed by atoms with E-state index in [4.69, 9.17) is 0 Å². The Labute approximate surface area is 125 Å². The van der Waals surface area contributed by atoms with Gasteiger partial charge < -0.3 is 20.2 Å². The number of aliphatic carboxylic acids is 1. The molecule has 1 atom stereocenters. The van der Waals surface area contributed by atoms with Crippen molar-refractivity contribution in [3.8, 4) is 0 Å². The number of amides is 3. The molecule has 7 heteroatoms. The Morgan fingerprint density at radius 2 is 1.71 bits per heavy atom. The maximum Gasteiger partial charge on any atom is 0.317 e. The fraction of sp³-hybridized carbons (Fsp3) is 0.786. The second-order valence-corrected chi connectivity index (χ2v) is 5.72. The lowest BCUT2D eigenvalue weighted by Gasteiger charge is -2.26. The number of carboxylic acids is 1. The lowest BCUT2D eigenvalue weighted by Crippen LogP contribution is -2.47. The topological polar surface area (TPSA) is 90.0 Å². The molecule has 1 rings (SSSR count). The van der Waals surface area contributed by atoms with Gasteiger partial charge in [0.05, 0.1) is 5.41 Å². The van der Waals surface area contributed by atoms with Crippen molar-refractivity contribution in [3.63, 3.8) is 0 Å². The molecule has 120 valence electrons. The summed E-state index contributed by atoms with van der Waals surface area (Å²) in [5, 5.41) is 11.9. The van der Waals surface area contributed by atoms with Gasteiger partial charge in [-0.2, -0.15) is 0 Å². The number of carbonyl (C=O) groups is 3. The molecule has 0 aliphatic carbocycles. The summed E-state index contributed by atoms with van der Waals surface area (Å²) in [5.41, 5.74) is -0.951. The van der Waals surface area contributed by atoms with Gasteiger partial charge in [0.15, 0.2) is 0 Å². The Kier molecular flexibility index (Phi) is 5.99. The van der Waals surface area contributed by atoms with E-state index in [9.17, 15) is 19.5 Å². The fourth-order valence-corrected chi connectivity index (χ4v) is 2.17. The zero-order valence-corrected chi connectivity index (χ0v) is 13.0. The molecule has 7 nitrogen and oxygen atoms in total. The van der Waals surface area contributed by atoms with Crippen LogP contribution in [0.4, 0.5) is 4.79 Å². The van der Waals surface area contributed by atoms with Crippen molar-refractivity contribution in [2.75, 3.05) is 32.7 Å². The van der Waals surface area contributed by atoms with E-state index in [0.717, 1.165) is 6.42 Å². The van der Waals surface area contributed by atoms with Crippen molar-refractivity contribution in [3.05, 3.63) is 0 Å². The molecule has 1 unspecified atom stereocenters. The molecule has 0 bridgehead atoms. The van der Waals surface area contributed by atoms with Gasteiger partial charge in [0, 0.05) is 39.6 Å². The molecular weight excluding hydrogens is 274 g/mol. The van der Waals surface area contributed by atoms with E-state index in [2.05, 4.69) is 5.32 Å². The first-order valence-corrected chi connectivity index (χ1v) is 7.32. The summed E-state index contributed by atoms with van der Waals surface area (Å²) in [5.74, 6) is -0.898. The second kappa shape index (κ2) is 7.28. The fourth-order valence-electron chi connectivity index (χ4n) is 2.17. The van der Waals surface area contributed by atoms with E-state index in [-0.39, 0.29) is 18.5 Å². The molecule has 1 aliphatic rings. The van der Waals surface area contributed by atoms with Gasteiger partial charge in [-0.15, -0.1) is 0 Å². The van der Waals surface area contributed by atoms with Crippen molar-refractivity contribution < 1.29 is 19.5 Å². The quantitative estimate of drug-likeness (QED) is 0.801. The highest BCUT2D eigenvalue weighted by molar-refractivity contribution is 5.78. The highest BCUT2D eigenvalue weighted by atomic mass is 16.4. The normalized spacial score (nSPS) is 18.6. The van der Waals surface area contributed by atoms with E-state index in [1.165, 1.54) is 6.92 Å². The van der Waals surface area contributed by atoms with Gasteiger partial charge in [0.25, 0.3) is 0 Å². The molecule has 1 aliphatic heterocycles. The molecular formula is C14H25N3O4. The molecule has 3 amide bonds. The van der Waals surface area contributed by atoms with Crippen LogP contribution in [0.1, 0.15) is 33.6 Å². The highest BCUT2D eigenvalue weighted by Gasteiger charge is 2.32. The lowest BCUT2D eigenvalue weighted by molar-refractivity contribution is -0.147. The van der Waals surface area contributed by atoms with Crippen molar-refractivity contribution in [2.45, 2.75) is 33.6 Å². The van der Waals surface area contributed by atoms with Crippen LogP contribution in [-0.2, 0) is 9.59 Å². The summed E-state index contributed by atoms with van der Waals surface area (Å²) < 4.78 is 0. The van der Waals surface area contributed by atoms with Crippen LogP contribution < -0.4 is 5.32 Å². The summed E-state index contributed by atoms with van der Waals surface area (Å²) >= 11 is 0. The summed E-state index contributed by atoms with van der Waals surface area (Å²) in [6.45, 7) is 7.26. The maximum atomic E-state index is 12.1. The third-order valence-corrected chi connectivity index (χ3v) is 4.15. The maximum absolute atomic E-state index is 12.1. The molecule has 21 heavy (non-hydrogen) atoms. The van der Waals surface area contributed by atoms with E-state index >= 15 is 0 Å². The molecule has 1 heterocycles. The Hall–Kier alpha value is -1.79. The van der Waals surface area contributed by atoms with Crippen LogP contribution in [0.2, 0.25) is 0 Å². The number of carboxylic acid groups (broad SMARTS) is 1. The summed E-state index contributed by atoms with van der Waals surface area (Å²) in [6, 6.07) is -0.263. The number of nitrogens with zero attached hydrogens (tertiary/aromatic N) is 2. The van der Waals surface area contributed by atoms with Gasteiger partial charge in [0.2, 0.25) is 5.91 Å². The number of urea groups is 1. The van der Waals surface area contributed by atoms with Crippen molar-refractivity contribution in [1.29, 1.82) is 0 Å². The van der Waals surface area contributed by atoms with Crippen LogP contribution in [0, 0.1) is 5.41 Å². The van der Waals surface area contributed by atoms with Crippen LogP contribution in [0.15, 0.2) is 0 Å². The van der Waals surface area contributed by atoms with E-state index in [1.54, 1.807) is 23.6 Å². The minimum atomic E-state index is -0.951. The average molecular weight is 299 g/mol. The van der Waals surface area contributed by atoms with Crippen molar-refractivity contribution in [2.24, 2.45) is 5.41 Å². The van der Waals surface area contributed by atoms with Gasteiger partial charge in [-0.3, -0.25) is 9.59 Å². The zero-order valence-electron chi connectivity index (χ0n) is 13.0. The SMILES string of the molecule is CCC(C)(CNC(=O)N1CCCN(C(C)=O)CC1)C(=O)O. The van der Waals surface area contributed by atoms with Crippen LogP contribution in [0.5, 0.6) is 0 Å². The van der Waals surface area contributed by atoms with Crippen molar-refractivity contribution >= 4 is 17.9 Å². The van der Waals surface area contributed by atoms with E-state index < -0.39 is 11.4 Å². The van der Waals surface area contributed by atoms with Crippen LogP contribution in [0.25, 0.3) is 0 Å². The van der Waals surface area contributed by atoms with Gasteiger partial charge in [-0.1, -0.05) is 6.92 Å². The monoisotopic (exact) mass is 299 g/mol. The van der Waals surface area contributed by atoms with Crippen LogP contribution in [-0.4, -0.2) is 65.5 Å². The van der Waals surface area contributed by atoms with E-state index in [1.807, 2.05) is 0 Å². The minimum absolute atomic E-state index is 0.0155. The number of rotatable bonds is 4. The lowest BCUT2D eigenvalue weighted by atomic mass is 9.88. The second-order valence-electron chi connectivity index (χ2n) is 5.72. The molecule has 0 radical (unpaired) electrons. The number of hydrogen-bond donors (Lipinski definition) is 2. The standard InChI is InChI=1S/C14H25N3O4/c1-4-14(3,12(19)20)10-15-13(21)17-7-5-6-16(8-9-17)11(2)18/h4-10H2,1-3H3,(H,15,21)(H,19,20). The van der Waals surface area contributed by atoms with Crippen LogP contribution >= 0.6 is 0 Å². The third-order valence-electron chi connectivity index (χ3n) is 4.15. The number of nitrogens with one attached hydrogen (secondary N) is 1. The first-order valence-electron chi connectivity index (χ1n) is 7.32. The molecule has 0 aromatic rings. The summed E-state index contributed by atoms with van der Waals surface area (Å²) in [4.78, 5) is 38.0. The first-order chi connectivity index (χ1) is 9.80. The van der Waals surface area contributed by atoms with Gasteiger partial charge in [0.1, 0.15) is 0 Å². The van der Waals surface area contributed by atoms with Crippen LogP contribution in [0.3, 0.4) is 0 Å². The Bertz CT molecular complexity index is 413. The Balaban J connectivity index is 2.52. The Morgan fingerprint density at radius 3 is 2.24 bits per heavy atom. The molecule has 2 N–H and O–H groups in total. The predicted molar refractivity (Wildman–Crippen MR) is 77.9 cm³/mol. The third kappa shape index (κ3) is 4.61. The summed E-state index contributed by atoms with van der Waals surface area (Å²) in [6.07, 6.45) is 1.18. The predicted octanol–water partition coefficient (Wildman–Crippen LogP) is 0.751. The summed E-state index contributed by atoms with van der Waals surface area (Å²) in [7, 11) is 0. The van der Waals surface area contributed by atoms with Gasteiger partial charge >= 0.3 is 12.0 Å².